The van der Waals surface area contributed by atoms with E-state index in [1.807, 2.05) is 4.90 Å². The van der Waals surface area contributed by atoms with Crippen molar-refractivity contribution in [1.29, 1.82) is 0 Å². The summed E-state index contributed by atoms with van der Waals surface area (Å²) in [5, 5.41) is 3.18. The molecule has 1 amide bonds. The number of hydrogen-bond acceptors (Lipinski definition) is 4. The third kappa shape index (κ3) is 3.33. The second kappa shape index (κ2) is 6.41. The van der Waals surface area contributed by atoms with Gasteiger partial charge in [-0.3, -0.25) is 4.79 Å². The van der Waals surface area contributed by atoms with Crippen LogP contribution in [0.3, 0.4) is 0 Å². The molecule has 0 bridgehead atoms. The van der Waals surface area contributed by atoms with Crippen molar-refractivity contribution in [3.8, 4) is 0 Å². The predicted molar refractivity (Wildman–Crippen MR) is 77.8 cm³/mol. The highest BCUT2D eigenvalue weighted by Crippen LogP contribution is 2.17. The van der Waals surface area contributed by atoms with E-state index < -0.39 is 0 Å². The molecule has 6 heteroatoms. The van der Waals surface area contributed by atoms with Crippen LogP contribution >= 0.6 is 0 Å². The summed E-state index contributed by atoms with van der Waals surface area (Å²) in [4.78, 5) is 16.4. The average Bonchev–Trinajstić information content (AvgIpc) is 2.56. The van der Waals surface area contributed by atoms with Gasteiger partial charge in [0, 0.05) is 45.0 Å². The van der Waals surface area contributed by atoms with Gasteiger partial charge in [-0.05, 0) is 24.3 Å². The number of carbonyl (C=O) groups is 1. The highest BCUT2D eigenvalue weighted by atomic mass is 19.1. The van der Waals surface area contributed by atoms with Gasteiger partial charge in [0.25, 0.3) is 5.91 Å². The molecule has 2 heterocycles. The standard InChI is InChI=1S/C15H20FN3O2/c16-12-1-3-13(4-2-12)18-6-8-19(9-7-18)15(20)14-11-17-5-10-21-14/h1-4,14,17H,5-11H2. The fourth-order valence-electron chi connectivity index (χ4n) is 2.76. The second-order valence-corrected chi connectivity index (χ2v) is 5.35. The fourth-order valence-corrected chi connectivity index (χ4v) is 2.76. The number of hydrogen-bond donors (Lipinski definition) is 1. The highest BCUT2D eigenvalue weighted by molar-refractivity contribution is 5.81. The molecular formula is C15H20FN3O2. The van der Waals surface area contributed by atoms with Crippen molar-refractivity contribution in [3.63, 3.8) is 0 Å². The largest absolute Gasteiger partial charge is 0.368 e. The molecule has 114 valence electrons. The Morgan fingerprint density at radius 2 is 1.90 bits per heavy atom. The van der Waals surface area contributed by atoms with Gasteiger partial charge in [0.15, 0.2) is 0 Å². The molecule has 2 saturated heterocycles. The quantitative estimate of drug-likeness (QED) is 0.860. The van der Waals surface area contributed by atoms with Crippen LogP contribution in [0.1, 0.15) is 0 Å². The molecule has 2 aliphatic rings. The molecule has 2 aliphatic heterocycles. The Hall–Kier alpha value is -1.66. The number of piperazine rings is 1. The third-order valence-electron chi connectivity index (χ3n) is 3.99. The van der Waals surface area contributed by atoms with E-state index in [-0.39, 0.29) is 17.8 Å². The summed E-state index contributed by atoms with van der Waals surface area (Å²) >= 11 is 0. The maximum absolute atomic E-state index is 12.9. The Kier molecular flexibility index (Phi) is 4.36. The first-order valence-corrected chi connectivity index (χ1v) is 7.36. The van der Waals surface area contributed by atoms with Crippen LogP contribution in [-0.4, -0.2) is 62.8 Å². The van der Waals surface area contributed by atoms with Gasteiger partial charge in [0.2, 0.25) is 0 Å². The number of nitrogens with zero attached hydrogens (tertiary/aromatic N) is 2. The van der Waals surface area contributed by atoms with E-state index in [9.17, 15) is 9.18 Å². The van der Waals surface area contributed by atoms with E-state index in [1.54, 1.807) is 12.1 Å². The Balaban J connectivity index is 1.54. The Morgan fingerprint density at radius 1 is 1.19 bits per heavy atom. The van der Waals surface area contributed by atoms with Crippen LogP contribution in [-0.2, 0) is 9.53 Å². The van der Waals surface area contributed by atoms with Crippen LogP contribution in [0.4, 0.5) is 10.1 Å². The van der Waals surface area contributed by atoms with Crippen LogP contribution in [0.2, 0.25) is 0 Å². The number of amides is 1. The van der Waals surface area contributed by atoms with Gasteiger partial charge in [0.05, 0.1) is 6.61 Å². The van der Waals surface area contributed by atoms with Crippen molar-refractivity contribution >= 4 is 11.6 Å². The van der Waals surface area contributed by atoms with Crippen molar-refractivity contribution < 1.29 is 13.9 Å². The summed E-state index contributed by atoms with van der Waals surface area (Å²) in [5.41, 5.74) is 0.999. The fraction of sp³-hybridized carbons (Fsp3) is 0.533. The molecule has 0 saturated carbocycles. The van der Waals surface area contributed by atoms with E-state index in [2.05, 4.69) is 10.2 Å². The van der Waals surface area contributed by atoms with Crippen LogP contribution in [0.5, 0.6) is 0 Å². The SMILES string of the molecule is O=C(C1CNCCO1)N1CCN(c2ccc(F)cc2)CC1. The number of carbonyl (C=O) groups excluding carboxylic acids is 1. The first kappa shape index (κ1) is 14.3. The molecule has 0 aliphatic carbocycles. The smallest absolute Gasteiger partial charge is 0.253 e. The van der Waals surface area contributed by atoms with E-state index >= 15 is 0 Å². The van der Waals surface area contributed by atoms with Crippen LogP contribution in [0, 0.1) is 5.82 Å². The van der Waals surface area contributed by atoms with Crippen LogP contribution < -0.4 is 10.2 Å². The lowest BCUT2D eigenvalue weighted by molar-refractivity contribution is -0.145. The van der Waals surface area contributed by atoms with Crippen LogP contribution in [0.15, 0.2) is 24.3 Å². The van der Waals surface area contributed by atoms with Gasteiger partial charge >= 0.3 is 0 Å². The molecular weight excluding hydrogens is 273 g/mol. The zero-order chi connectivity index (χ0) is 14.7. The predicted octanol–water partition coefficient (Wildman–Crippen LogP) is 0.463. The van der Waals surface area contributed by atoms with Crippen molar-refractivity contribution in [1.82, 2.24) is 10.2 Å². The molecule has 2 fully saturated rings. The van der Waals surface area contributed by atoms with E-state index in [0.717, 1.165) is 25.3 Å². The summed E-state index contributed by atoms with van der Waals surface area (Å²) in [7, 11) is 0. The molecule has 1 aromatic carbocycles. The Bertz CT molecular complexity index is 480. The number of benzene rings is 1. The minimum atomic E-state index is -0.351. The molecule has 0 spiro atoms. The van der Waals surface area contributed by atoms with Gasteiger partial charge in [-0.15, -0.1) is 0 Å². The summed E-state index contributed by atoms with van der Waals surface area (Å²) < 4.78 is 18.4. The summed E-state index contributed by atoms with van der Waals surface area (Å²) in [6, 6.07) is 6.49. The molecule has 1 N–H and O–H groups in total. The Morgan fingerprint density at radius 3 is 2.52 bits per heavy atom. The Labute approximate surface area is 123 Å². The number of anilines is 1. The molecule has 1 aromatic rings. The molecule has 5 nitrogen and oxygen atoms in total. The molecule has 0 aromatic heterocycles. The number of rotatable bonds is 2. The van der Waals surface area contributed by atoms with Crippen molar-refractivity contribution in [3.05, 3.63) is 30.1 Å². The average molecular weight is 293 g/mol. The summed E-state index contributed by atoms with van der Waals surface area (Å²) in [6.07, 6.45) is -0.351. The molecule has 1 atom stereocenters. The zero-order valence-electron chi connectivity index (χ0n) is 11.9. The maximum atomic E-state index is 12.9. The minimum absolute atomic E-state index is 0.0703. The normalized spacial score (nSPS) is 23.2. The minimum Gasteiger partial charge on any atom is -0.368 e. The lowest BCUT2D eigenvalue weighted by Gasteiger charge is -2.38. The topological polar surface area (TPSA) is 44.8 Å². The molecule has 21 heavy (non-hydrogen) atoms. The monoisotopic (exact) mass is 293 g/mol. The second-order valence-electron chi connectivity index (χ2n) is 5.35. The van der Waals surface area contributed by atoms with Gasteiger partial charge in [-0.25, -0.2) is 4.39 Å². The lowest BCUT2D eigenvalue weighted by atomic mass is 10.2. The summed E-state index contributed by atoms with van der Waals surface area (Å²) in [6.45, 7) is 4.87. The van der Waals surface area contributed by atoms with Crippen molar-refractivity contribution in [2.75, 3.05) is 50.8 Å². The number of ether oxygens (including phenoxy) is 1. The molecule has 3 rings (SSSR count). The lowest BCUT2D eigenvalue weighted by Crippen LogP contribution is -2.55. The van der Waals surface area contributed by atoms with Gasteiger partial charge in [-0.2, -0.15) is 0 Å². The van der Waals surface area contributed by atoms with Crippen molar-refractivity contribution in [2.45, 2.75) is 6.10 Å². The first-order valence-electron chi connectivity index (χ1n) is 7.36. The van der Waals surface area contributed by atoms with Crippen molar-refractivity contribution in [2.24, 2.45) is 0 Å². The van der Waals surface area contributed by atoms with Gasteiger partial charge in [-0.1, -0.05) is 0 Å². The van der Waals surface area contributed by atoms with Crippen LogP contribution in [0.25, 0.3) is 0 Å². The summed E-state index contributed by atoms with van der Waals surface area (Å²) in [5.74, 6) is -0.157. The number of halogens is 1. The van der Waals surface area contributed by atoms with Gasteiger partial charge in [0.1, 0.15) is 11.9 Å². The zero-order valence-corrected chi connectivity index (χ0v) is 11.9. The van der Waals surface area contributed by atoms with E-state index in [4.69, 9.17) is 4.74 Å². The third-order valence-corrected chi connectivity index (χ3v) is 3.99. The van der Waals surface area contributed by atoms with E-state index in [0.29, 0.717) is 26.2 Å². The number of morpholine rings is 1. The molecule has 1 unspecified atom stereocenters. The molecule has 0 radical (unpaired) electrons. The van der Waals surface area contributed by atoms with E-state index in [1.165, 1.54) is 12.1 Å². The maximum Gasteiger partial charge on any atom is 0.253 e. The van der Waals surface area contributed by atoms with Gasteiger partial charge < -0.3 is 19.9 Å². The highest BCUT2D eigenvalue weighted by Gasteiger charge is 2.29. The first-order chi connectivity index (χ1) is 10.2. The number of nitrogens with one attached hydrogen (secondary N) is 1.